The molecule has 1 aromatic carbocycles. The average Bonchev–Trinajstić information content (AvgIpc) is 2.36. The van der Waals surface area contributed by atoms with Gasteiger partial charge in [0.05, 0.1) is 5.52 Å². The van der Waals surface area contributed by atoms with E-state index in [4.69, 9.17) is 18.0 Å². The lowest BCUT2D eigenvalue weighted by Crippen LogP contribution is -2.21. The summed E-state index contributed by atoms with van der Waals surface area (Å²) < 4.78 is 0. The van der Waals surface area contributed by atoms with Crippen molar-refractivity contribution in [1.29, 1.82) is 0 Å². The van der Waals surface area contributed by atoms with E-state index in [0.29, 0.717) is 4.99 Å². The molecule has 1 aliphatic carbocycles. The molecule has 3 N–H and O–H groups in total. The van der Waals surface area contributed by atoms with Crippen LogP contribution in [-0.2, 0) is 0 Å². The molecule has 0 radical (unpaired) electrons. The van der Waals surface area contributed by atoms with Crippen molar-refractivity contribution < 1.29 is 0 Å². The molecule has 1 aromatic heterocycles. The Labute approximate surface area is 118 Å². The molecule has 2 aromatic rings. The number of nitrogens with two attached hydrogens (primary N) is 1. The summed E-state index contributed by atoms with van der Waals surface area (Å²) in [5.74, 6) is 1.66. The summed E-state index contributed by atoms with van der Waals surface area (Å²) in [6.07, 6.45) is 4.00. The predicted octanol–water partition coefficient (Wildman–Crippen LogP) is 3.08. The zero-order valence-electron chi connectivity index (χ0n) is 10.7. The second-order valence-corrected chi connectivity index (χ2v) is 5.55. The molecule has 0 spiro atoms. The van der Waals surface area contributed by atoms with Crippen LogP contribution in [0.4, 0.5) is 5.82 Å². The van der Waals surface area contributed by atoms with E-state index in [1.54, 1.807) is 0 Å². The van der Waals surface area contributed by atoms with Gasteiger partial charge in [0, 0.05) is 17.5 Å². The number of nitrogens with one attached hydrogen (secondary N) is 1. The first-order valence-electron chi connectivity index (χ1n) is 6.67. The van der Waals surface area contributed by atoms with Gasteiger partial charge in [-0.2, -0.15) is 0 Å². The Bertz CT molecular complexity index is 620. The van der Waals surface area contributed by atoms with E-state index in [0.717, 1.165) is 34.7 Å². The predicted molar refractivity (Wildman–Crippen MR) is 83.5 cm³/mol. The highest BCUT2D eigenvalue weighted by atomic mass is 32.1. The van der Waals surface area contributed by atoms with E-state index in [1.165, 1.54) is 19.3 Å². The van der Waals surface area contributed by atoms with Crippen LogP contribution in [0.25, 0.3) is 10.9 Å². The number of pyridine rings is 1. The van der Waals surface area contributed by atoms with Gasteiger partial charge in [0.2, 0.25) is 0 Å². The maximum absolute atomic E-state index is 5.82. The fourth-order valence-corrected chi connectivity index (χ4v) is 2.58. The fraction of sp³-hybridized carbons (Fsp3) is 0.333. The van der Waals surface area contributed by atoms with Crippen molar-refractivity contribution in [1.82, 2.24) is 4.98 Å². The maximum Gasteiger partial charge on any atom is 0.127 e. The number of aromatic nitrogens is 1. The van der Waals surface area contributed by atoms with Crippen molar-refractivity contribution in [3.8, 4) is 0 Å². The SMILES string of the molecule is NC(=S)c1cc(NCC2CCC2)nc2ccccc12. The average molecular weight is 271 g/mol. The highest BCUT2D eigenvalue weighted by Gasteiger charge is 2.17. The van der Waals surface area contributed by atoms with Crippen molar-refractivity contribution >= 4 is 33.9 Å². The molecule has 3 nitrogen and oxygen atoms in total. The van der Waals surface area contributed by atoms with Crippen molar-refractivity contribution in [3.63, 3.8) is 0 Å². The highest BCUT2D eigenvalue weighted by molar-refractivity contribution is 7.80. The minimum atomic E-state index is 0.422. The Morgan fingerprint density at radius 2 is 2.16 bits per heavy atom. The summed E-state index contributed by atoms with van der Waals surface area (Å²) in [5, 5.41) is 4.43. The molecule has 3 rings (SSSR count). The molecule has 0 saturated heterocycles. The number of para-hydroxylation sites is 1. The number of anilines is 1. The van der Waals surface area contributed by atoms with Crippen LogP contribution in [-0.4, -0.2) is 16.5 Å². The molecule has 0 atom stereocenters. The molecule has 0 amide bonds. The largest absolute Gasteiger partial charge is 0.389 e. The Balaban J connectivity index is 1.93. The number of hydrogen-bond acceptors (Lipinski definition) is 3. The lowest BCUT2D eigenvalue weighted by atomic mass is 9.85. The van der Waals surface area contributed by atoms with Gasteiger partial charge in [0.1, 0.15) is 10.8 Å². The van der Waals surface area contributed by atoms with Gasteiger partial charge in [-0.1, -0.05) is 36.8 Å². The Kier molecular flexibility index (Phi) is 3.34. The quantitative estimate of drug-likeness (QED) is 0.839. The van der Waals surface area contributed by atoms with Gasteiger partial charge in [0.15, 0.2) is 0 Å². The van der Waals surface area contributed by atoms with E-state index >= 15 is 0 Å². The number of fused-ring (bicyclic) bond motifs is 1. The maximum atomic E-state index is 5.82. The molecule has 1 heterocycles. The molecule has 19 heavy (non-hydrogen) atoms. The Morgan fingerprint density at radius 3 is 2.84 bits per heavy atom. The number of nitrogens with zero attached hydrogens (tertiary/aromatic N) is 1. The van der Waals surface area contributed by atoms with Crippen molar-refractivity contribution in [3.05, 3.63) is 35.9 Å². The van der Waals surface area contributed by atoms with E-state index in [2.05, 4.69) is 10.3 Å². The van der Waals surface area contributed by atoms with Crippen molar-refractivity contribution in [2.75, 3.05) is 11.9 Å². The van der Waals surface area contributed by atoms with E-state index in [1.807, 2.05) is 30.3 Å². The van der Waals surface area contributed by atoms with Crippen LogP contribution in [0.3, 0.4) is 0 Å². The minimum absolute atomic E-state index is 0.422. The summed E-state index contributed by atoms with van der Waals surface area (Å²) in [5.41, 5.74) is 7.65. The highest BCUT2D eigenvalue weighted by Crippen LogP contribution is 2.27. The van der Waals surface area contributed by atoms with Crippen LogP contribution in [0.2, 0.25) is 0 Å². The third-order valence-corrected chi connectivity index (χ3v) is 4.00. The van der Waals surface area contributed by atoms with Gasteiger partial charge in [-0.05, 0) is 30.9 Å². The first kappa shape index (κ1) is 12.4. The van der Waals surface area contributed by atoms with Gasteiger partial charge in [-0.3, -0.25) is 0 Å². The lowest BCUT2D eigenvalue weighted by molar-refractivity contribution is 0.333. The molecule has 98 valence electrons. The van der Waals surface area contributed by atoms with Gasteiger partial charge >= 0.3 is 0 Å². The van der Waals surface area contributed by atoms with Crippen LogP contribution >= 0.6 is 12.2 Å². The number of rotatable bonds is 4. The van der Waals surface area contributed by atoms with Crippen molar-refractivity contribution in [2.45, 2.75) is 19.3 Å². The van der Waals surface area contributed by atoms with Gasteiger partial charge in [0.25, 0.3) is 0 Å². The topological polar surface area (TPSA) is 50.9 Å². The van der Waals surface area contributed by atoms with Gasteiger partial charge < -0.3 is 11.1 Å². The van der Waals surface area contributed by atoms with Crippen molar-refractivity contribution in [2.24, 2.45) is 11.7 Å². The summed E-state index contributed by atoms with van der Waals surface area (Å²) in [4.78, 5) is 5.04. The van der Waals surface area contributed by atoms with Gasteiger partial charge in [-0.25, -0.2) is 4.98 Å². The second kappa shape index (κ2) is 5.13. The minimum Gasteiger partial charge on any atom is -0.389 e. The van der Waals surface area contributed by atoms with Crippen LogP contribution in [0, 0.1) is 5.92 Å². The smallest absolute Gasteiger partial charge is 0.127 e. The summed E-state index contributed by atoms with van der Waals surface area (Å²) >= 11 is 5.14. The first-order chi connectivity index (χ1) is 9.24. The summed E-state index contributed by atoms with van der Waals surface area (Å²) in [6, 6.07) is 9.92. The number of thiocarbonyl (C=S) groups is 1. The Hall–Kier alpha value is -1.68. The molecule has 4 heteroatoms. The van der Waals surface area contributed by atoms with Crippen LogP contribution < -0.4 is 11.1 Å². The van der Waals surface area contributed by atoms with Gasteiger partial charge in [-0.15, -0.1) is 0 Å². The first-order valence-corrected chi connectivity index (χ1v) is 7.08. The fourth-order valence-electron chi connectivity index (χ4n) is 2.42. The molecule has 0 unspecified atom stereocenters. The Morgan fingerprint density at radius 1 is 1.37 bits per heavy atom. The van der Waals surface area contributed by atoms with Crippen LogP contribution in [0.5, 0.6) is 0 Å². The second-order valence-electron chi connectivity index (χ2n) is 5.11. The molecular formula is C15H17N3S. The molecule has 0 aliphatic heterocycles. The summed E-state index contributed by atoms with van der Waals surface area (Å²) in [7, 11) is 0. The third-order valence-electron chi connectivity index (χ3n) is 3.78. The number of benzene rings is 1. The van der Waals surface area contributed by atoms with E-state index < -0.39 is 0 Å². The third kappa shape index (κ3) is 2.54. The lowest BCUT2D eigenvalue weighted by Gasteiger charge is -2.25. The summed E-state index contributed by atoms with van der Waals surface area (Å²) in [6.45, 7) is 0.988. The van der Waals surface area contributed by atoms with Crippen LogP contribution in [0.1, 0.15) is 24.8 Å². The van der Waals surface area contributed by atoms with Crippen LogP contribution in [0.15, 0.2) is 30.3 Å². The number of hydrogen-bond donors (Lipinski definition) is 2. The molecule has 1 saturated carbocycles. The van der Waals surface area contributed by atoms with E-state index in [9.17, 15) is 0 Å². The molecule has 1 aliphatic rings. The molecule has 0 bridgehead atoms. The normalized spacial score (nSPS) is 15.2. The zero-order chi connectivity index (χ0) is 13.2. The van der Waals surface area contributed by atoms with E-state index in [-0.39, 0.29) is 0 Å². The molecular weight excluding hydrogens is 254 g/mol. The monoisotopic (exact) mass is 271 g/mol. The molecule has 1 fully saturated rings. The zero-order valence-corrected chi connectivity index (χ0v) is 11.5. The standard InChI is InChI=1S/C15H17N3S/c16-15(19)12-8-14(17-9-10-4-3-5-10)18-13-7-2-1-6-11(12)13/h1-2,6-8,10H,3-5,9H2,(H2,16,19)(H,17,18).